The minimum absolute atomic E-state index is 0.0499. The van der Waals surface area contributed by atoms with Crippen LogP contribution in [0.4, 0.5) is 14.5 Å². The number of carbonyl (C=O) groups excluding carboxylic acids is 1. The first-order chi connectivity index (χ1) is 17.2. The Kier molecular flexibility index (Phi) is 6.88. The van der Waals surface area contributed by atoms with Crippen LogP contribution in [-0.4, -0.2) is 49.1 Å². The monoisotopic (exact) mass is 516 g/mol. The van der Waals surface area contributed by atoms with E-state index in [1.165, 1.54) is 26.6 Å². The van der Waals surface area contributed by atoms with Crippen molar-refractivity contribution in [2.45, 2.75) is 13.3 Å². The molecule has 4 aromatic rings. The maximum Gasteiger partial charge on any atom is 0.232 e. The van der Waals surface area contributed by atoms with Crippen molar-refractivity contribution in [2.75, 3.05) is 24.7 Å². The third-order valence-corrected chi connectivity index (χ3v) is 6.86. The molecule has 12 heteroatoms. The zero-order chi connectivity index (χ0) is 26.0. The fourth-order valence-electron chi connectivity index (χ4n) is 3.71. The van der Waals surface area contributed by atoms with Crippen molar-refractivity contribution in [3.05, 3.63) is 65.5 Å². The summed E-state index contributed by atoms with van der Waals surface area (Å²) in [6.45, 7) is 1.64. The number of ketones is 1. The molecule has 0 saturated carbocycles. The van der Waals surface area contributed by atoms with E-state index in [1.807, 2.05) is 0 Å². The van der Waals surface area contributed by atoms with Gasteiger partial charge in [-0.1, -0.05) is 6.92 Å². The number of aromatic amines is 1. The number of fused-ring (bicyclic) bond motifs is 1. The Labute approximate surface area is 205 Å². The van der Waals surface area contributed by atoms with Crippen LogP contribution in [0, 0.1) is 11.6 Å². The molecule has 188 valence electrons. The lowest BCUT2D eigenvalue weighted by Crippen LogP contribution is -2.18. The second-order valence-electron chi connectivity index (χ2n) is 7.77. The average Bonchev–Trinajstić information content (AvgIpc) is 3.28. The van der Waals surface area contributed by atoms with Gasteiger partial charge in [0.15, 0.2) is 5.82 Å². The number of ether oxygens (including phenoxy) is 2. The topological polar surface area (TPSA) is 123 Å². The Morgan fingerprint density at radius 2 is 1.92 bits per heavy atom. The first kappa shape index (κ1) is 25.0. The number of hydrogen-bond donors (Lipinski definition) is 2. The molecule has 3 aromatic heterocycles. The number of nitrogens with zero attached hydrogens (tertiary/aromatic N) is 2. The minimum atomic E-state index is -3.87. The first-order valence-corrected chi connectivity index (χ1v) is 12.4. The second-order valence-corrected chi connectivity index (χ2v) is 9.61. The molecule has 0 bridgehead atoms. The molecule has 0 aliphatic carbocycles. The fraction of sp³-hybridized carbons (Fsp3) is 0.208. The largest absolute Gasteiger partial charge is 0.481 e. The Hall–Kier alpha value is -4.06. The smallest absolute Gasteiger partial charge is 0.232 e. The van der Waals surface area contributed by atoms with Gasteiger partial charge in [-0.3, -0.25) is 9.52 Å². The van der Waals surface area contributed by atoms with Gasteiger partial charge in [0, 0.05) is 40.5 Å². The average molecular weight is 517 g/mol. The van der Waals surface area contributed by atoms with Crippen LogP contribution in [0.2, 0.25) is 0 Å². The molecule has 3 heterocycles. The van der Waals surface area contributed by atoms with Crippen molar-refractivity contribution in [3.63, 3.8) is 0 Å². The highest BCUT2D eigenvalue weighted by Crippen LogP contribution is 2.33. The van der Waals surface area contributed by atoms with E-state index in [0.29, 0.717) is 34.5 Å². The van der Waals surface area contributed by atoms with Gasteiger partial charge < -0.3 is 14.5 Å². The summed E-state index contributed by atoms with van der Waals surface area (Å²) < 4.78 is 66.6. The molecule has 0 fully saturated rings. The van der Waals surface area contributed by atoms with Crippen LogP contribution in [0.15, 0.2) is 42.7 Å². The number of halogens is 2. The molecule has 36 heavy (non-hydrogen) atoms. The number of pyridine rings is 2. The highest BCUT2D eigenvalue weighted by Gasteiger charge is 2.26. The minimum Gasteiger partial charge on any atom is -0.481 e. The van der Waals surface area contributed by atoms with Crippen molar-refractivity contribution >= 4 is 32.5 Å². The Morgan fingerprint density at radius 3 is 2.61 bits per heavy atom. The summed E-state index contributed by atoms with van der Waals surface area (Å²) in [6.07, 6.45) is 3.12. The van der Waals surface area contributed by atoms with Gasteiger partial charge in [0.1, 0.15) is 11.5 Å². The Morgan fingerprint density at radius 1 is 1.14 bits per heavy atom. The SMILES string of the molecule is CCCS(=O)(=O)Nc1ccc(F)c(C(=O)c2c[nH]c3ncc(-c4ccc(OC)nc4OC)cc23)c1F. The highest BCUT2D eigenvalue weighted by molar-refractivity contribution is 7.92. The van der Waals surface area contributed by atoms with Crippen LogP contribution in [0.1, 0.15) is 29.3 Å². The molecule has 0 amide bonds. The molecule has 4 rings (SSSR count). The zero-order valence-electron chi connectivity index (χ0n) is 19.6. The summed E-state index contributed by atoms with van der Waals surface area (Å²) in [5.74, 6) is -3.08. The van der Waals surface area contributed by atoms with Crippen molar-refractivity contribution < 1.29 is 31.5 Å². The maximum absolute atomic E-state index is 15.2. The Bertz CT molecular complexity index is 1570. The number of sulfonamides is 1. The summed E-state index contributed by atoms with van der Waals surface area (Å²) in [5.41, 5.74) is -0.0564. The van der Waals surface area contributed by atoms with Crippen LogP contribution >= 0.6 is 0 Å². The molecule has 1 aromatic carbocycles. The summed E-state index contributed by atoms with van der Waals surface area (Å²) >= 11 is 0. The second kappa shape index (κ2) is 9.90. The lowest BCUT2D eigenvalue weighted by molar-refractivity contribution is 0.103. The van der Waals surface area contributed by atoms with Crippen LogP contribution in [0.3, 0.4) is 0 Å². The highest BCUT2D eigenvalue weighted by atomic mass is 32.2. The number of nitrogens with one attached hydrogen (secondary N) is 2. The van der Waals surface area contributed by atoms with Crippen molar-refractivity contribution in [3.8, 4) is 22.9 Å². The van der Waals surface area contributed by atoms with Crippen LogP contribution < -0.4 is 14.2 Å². The van der Waals surface area contributed by atoms with E-state index in [0.717, 1.165) is 12.1 Å². The standard InChI is InChI=1S/C24H22F2N4O5S/c1-4-9-36(32,33)30-18-7-6-17(25)20(21(18)26)22(31)16-12-28-23-15(16)10-13(11-27-23)14-5-8-19(34-2)29-24(14)35-3/h5-8,10-12,30H,4,9H2,1-3H3,(H,27,28). The van der Waals surface area contributed by atoms with Gasteiger partial charge in [-0.25, -0.2) is 22.2 Å². The number of rotatable bonds is 9. The molecule has 0 atom stereocenters. The molecule has 2 N–H and O–H groups in total. The zero-order valence-corrected chi connectivity index (χ0v) is 20.4. The normalized spacial score (nSPS) is 11.5. The van der Waals surface area contributed by atoms with E-state index in [-0.39, 0.29) is 17.2 Å². The first-order valence-electron chi connectivity index (χ1n) is 10.8. The quantitative estimate of drug-likeness (QED) is 0.318. The van der Waals surface area contributed by atoms with Crippen molar-refractivity contribution in [1.29, 1.82) is 0 Å². The maximum atomic E-state index is 15.2. The van der Waals surface area contributed by atoms with Gasteiger partial charge in [0.25, 0.3) is 0 Å². The molecular formula is C24H22F2N4O5S. The lowest BCUT2D eigenvalue weighted by Gasteiger charge is -2.11. The summed E-state index contributed by atoms with van der Waals surface area (Å²) in [6, 6.07) is 6.72. The number of H-pyrrole nitrogens is 1. The van der Waals surface area contributed by atoms with Gasteiger partial charge in [0.05, 0.1) is 31.2 Å². The van der Waals surface area contributed by atoms with Crippen LogP contribution in [-0.2, 0) is 10.0 Å². The summed E-state index contributed by atoms with van der Waals surface area (Å²) in [7, 11) is -0.958. The van der Waals surface area contributed by atoms with E-state index in [9.17, 15) is 17.6 Å². The fourth-order valence-corrected chi connectivity index (χ4v) is 4.84. The van der Waals surface area contributed by atoms with Gasteiger partial charge in [-0.2, -0.15) is 4.98 Å². The van der Waals surface area contributed by atoms with E-state index in [1.54, 1.807) is 25.1 Å². The Balaban J connectivity index is 1.79. The number of hydrogen-bond acceptors (Lipinski definition) is 7. The van der Waals surface area contributed by atoms with E-state index in [4.69, 9.17) is 9.47 Å². The van der Waals surface area contributed by atoms with Crippen molar-refractivity contribution in [1.82, 2.24) is 15.0 Å². The molecule has 0 radical (unpaired) electrons. The van der Waals surface area contributed by atoms with Gasteiger partial charge in [-0.15, -0.1) is 0 Å². The summed E-state index contributed by atoms with van der Waals surface area (Å²) in [4.78, 5) is 24.7. The van der Waals surface area contributed by atoms with E-state index >= 15 is 4.39 Å². The number of methoxy groups -OCH3 is 2. The predicted octanol–water partition coefficient (Wildman–Crippen LogP) is 4.30. The van der Waals surface area contributed by atoms with Gasteiger partial charge in [0.2, 0.25) is 27.6 Å². The molecule has 0 unspecified atom stereocenters. The molecule has 0 aliphatic heterocycles. The molecule has 9 nitrogen and oxygen atoms in total. The van der Waals surface area contributed by atoms with Gasteiger partial charge in [-0.05, 0) is 30.7 Å². The van der Waals surface area contributed by atoms with E-state index < -0.39 is 38.7 Å². The number of carbonyl (C=O) groups is 1. The third-order valence-electron chi connectivity index (χ3n) is 5.38. The molecular weight excluding hydrogens is 494 g/mol. The van der Waals surface area contributed by atoms with Gasteiger partial charge >= 0.3 is 0 Å². The third kappa shape index (κ3) is 4.71. The molecule has 0 aliphatic rings. The van der Waals surface area contributed by atoms with Crippen LogP contribution in [0.25, 0.3) is 22.2 Å². The number of aromatic nitrogens is 3. The lowest BCUT2D eigenvalue weighted by atomic mass is 10.00. The molecule has 0 spiro atoms. The van der Waals surface area contributed by atoms with Crippen molar-refractivity contribution in [2.24, 2.45) is 0 Å². The number of anilines is 1. The van der Waals surface area contributed by atoms with E-state index in [2.05, 4.69) is 19.7 Å². The number of benzene rings is 1. The summed E-state index contributed by atoms with van der Waals surface area (Å²) in [5, 5.41) is 0.297. The predicted molar refractivity (Wildman–Crippen MR) is 130 cm³/mol. The molecule has 0 saturated heterocycles. The van der Waals surface area contributed by atoms with Crippen LogP contribution in [0.5, 0.6) is 11.8 Å².